The zero-order valence-corrected chi connectivity index (χ0v) is 22.3. The van der Waals surface area contributed by atoms with Crippen LogP contribution in [0.25, 0.3) is 11.1 Å². The van der Waals surface area contributed by atoms with E-state index in [-0.39, 0.29) is 24.3 Å². The Morgan fingerprint density at radius 3 is 2.29 bits per heavy atom. The van der Waals surface area contributed by atoms with Gasteiger partial charge in [0.15, 0.2) is 0 Å². The molecule has 0 fully saturated rings. The van der Waals surface area contributed by atoms with Gasteiger partial charge in [-0.05, 0) is 55.0 Å². The third kappa shape index (κ3) is 7.93. The van der Waals surface area contributed by atoms with Gasteiger partial charge in [0, 0.05) is 34.9 Å². The van der Waals surface area contributed by atoms with Gasteiger partial charge in [-0.3, -0.25) is 0 Å². The van der Waals surface area contributed by atoms with Gasteiger partial charge >= 0.3 is 12.2 Å². The molecule has 0 aliphatic carbocycles. The Morgan fingerprint density at radius 2 is 1.66 bits per heavy atom. The number of aliphatic hydroxyl groups excluding tert-OH is 1. The smallest absolute Gasteiger partial charge is 0.416 e. The number of aliphatic hydroxyl groups is 1. The van der Waals surface area contributed by atoms with Crippen LogP contribution in [-0.4, -0.2) is 33.8 Å². The summed E-state index contributed by atoms with van der Waals surface area (Å²) in [5, 5.41) is 20.7. The van der Waals surface area contributed by atoms with Crippen LogP contribution < -0.4 is 21.3 Å². The van der Waals surface area contributed by atoms with Crippen LogP contribution in [0.3, 0.4) is 0 Å². The molecule has 0 aliphatic rings. The second kappa shape index (κ2) is 12.7. The van der Waals surface area contributed by atoms with Crippen molar-refractivity contribution in [3.8, 4) is 11.1 Å². The van der Waals surface area contributed by atoms with E-state index >= 15 is 0 Å². The molecular weight excluding hydrogens is 559 g/mol. The fourth-order valence-corrected chi connectivity index (χ4v) is 4.02. The van der Waals surface area contributed by atoms with Crippen LogP contribution in [0, 0.1) is 4.78 Å². The second-order valence-corrected chi connectivity index (χ2v) is 9.85. The highest BCUT2D eigenvalue weighted by atomic mass is 32.2. The standard InChI is InChI=1S/C27H25F3N7O3S/c1-16(15-38)33-24-23(14-32-25(37-24)34-19-9-11-22(12-10-19)41(31)40)17-5-7-20(8-6-17)35-26(39)36-21-4-2-3-18(13-21)27(28,29)30/h2-14,16,31,38H,15H2,1H3,(H2,35,36,39)(H2,32,33,34,37)/q-1. The first-order valence-electron chi connectivity index (χ1n) is 12.1. The Hall–Kier alpha value is -4.69. The summed E-state index contributed by atoms with van der Waals surface area (Å²) in [6.45, 7) is 1.62. The largest absolute Gasteiger partial charge is 0.440 e. The number of carbonyl (C=O) groups excluding carboxylic acids is 1. The summed E-state index contributed by atoms with van der Waals surface area (Å²) in [5.74, 6) is 0.682. The lowest BCUT2D eigenvalue weighted by molar-refractivity contribution is -0.137. The molecule has 0 aliphatic heterocycles. The Labute approximate surface area is 235 Å². The Balaban J connectivity index is 1.49. The lowest BCUT2D eigenvalue weighted by Gasteiger charge is -2.17. The van der Waals surface area contributed by atoms with E-state index in [4.69, 9.17) is 4.78 Å². The van der Waals surface area contributed by atoms with E-state index in [0.717, 1.165) is 12.1 Å². The minimum Gasteiger partial charge on any atom is -0.440 e. The highest BCUT2D eigenvalue weighted by molar-refractivity contribution is 7.73. The van der Waals surface area contributed by atoms with Crippen molar-refractivity contribution in [1.82, 2.24) is 9.97 Å². The Morgan fingerprint density at radius 1 is 1.00 bits per heavy atom. The SMILES string of the molecule is CC(CO)Nc1nc(Nc2ccc([S-](=N)=O)cc2)ncc1-c1ccc(NC(=O)Nc2cccc(C(F)(F)F)c2)cc1. The monoisotopic (exact) mass is 584 g/mol. The van der Waals surface area contributed by atoms with Gasteiger partial charge in [0.2, 0.25) is 5.95 Å². The molecule has 1 aromatic heterocycles. The summed E-state index contributed by atoms with van der Waals surface area (Å²) in [7, 11) is -1.84. The van der Waals surface area contributed by atoms with Crippen LogP contribution in [0.5, 0.6) is 0 Å². The number of nitrogens with zero attached hydrogens (tertiary/aromatic N) is 2. The van der Waals surface area contributed by atoms with Crippen LogP contribution in [-0.2, 0) is 21.0 Å². The molecule has 1 unspecified atom stereocenters. The van der Waals surface area contributed by atoms with Crippen LogP contribution in [0.4, 0.5) is 46.8 Å². The van der Waals surface area contributed by atoms with E-state index in [9.17, 15) is 27.3 Å². The summed E-state index contributed by atoms with van der Waals surface area (Å²) in [6.07, 6.45) is -2.95. The van der Waals surface area contributed by atoms with Crippen molar-refractivity contribution in [1.29, 1.82) is 4.78 Å². The normalized spacial score (nSPS) is 12.0. The zero-order chi connectivity index (χ0) is 29.6. The van der Waals surface area contributed by atoms with Crippen molar-refractivity contribution < 1.29 is 27.3 Å². The van der Waals surface area contributed by atoms with E-state index in [1.165, 1.54) is 12.1 Å². The molecule has 6 N–H and O–H groups in total. The number of alkyl halides is 3. The molecule has 0 spiro atoms. The van der Waals surface area contributed by atoms with Crippen molar-refractivity contribution in [3.05, 3.63) is 84.6 Å². The van der Waals surface area contributed by atoms with Gasteiger partial charge < -0.3 is 35.4 Å². The number of hydrogen-bond donors (Lipinski definition) is 6. The average Bonchev–Trinajstić information content (AvgIpc) is 2.93. The number of carbonyl (C=O) groups is 1. The molecule has 0 saturated carbocycles. The summed E-state index contributed by atoms with van der Waals surface area (Å²) < 4.78 is 57.4. The van der Waals surface area contributed by atoms with E-state index in [1.54, 1.807) is 61.7 Å². The molecule has 0 bridgehead atoms. The number of amides is 2. The molecule has 0 saturated heterocycles. The van der Waals surface area contributed by atoms with Crippen molar-refractivity contribution >= 4 is 45.5 Å². The third-order valence-electron chi connectivity index (χ3n) is 5.67. The van der Waals surface area contributed by atoms with Crippen LogP contribution in [0.15, 0.2) is 83.9 Å². The molecule has 3 aromatic carbocycles. The fraction of sp³-hybridized carbons (Fsp3) is 0.148. The summed E-state index contributed by atoms with van der Waals surface area (Å²) in [4.78, 5) is 21.6. The number of urea groups is 1. The molecular formula is C27H25F3N7O3S-. The topological polar surface area (TPSA) is 152 Å². The van der Waals surface area contributed by atoms with Gasteiger partial charge in [-0.15, -0.1) is 0 Å². The molecule has 1 heterocycles. The number of anilines is 5. The zero-order valence-electron chi connectivity index (χ0n) is 21.5. The van der Waals surface area contributed by atoms with Crippen LogP contribution >= 0.6 is 0 Å². The Kier molecular flexibility index (Phi) is 9.04. The summed E-state index contributed by atoms with van der Waals surface area (Å²) in [6, 6.07) is 16.3. The lowest BCUT2D eigenvalue weighted by atomic mass is 10.1. The van der Waals surface area contributed by atoms with Gasteiger partial charge in [0.1, 0.15) is 5.82 Å². The highest BCUT2D eigenvalue weighted by Crippen LogP contribution is 2.31. The van der Waals surface area contributed by atoms with Crippen molar-refractivity contribution in [2.24, 2.45) is 0 Å². The minimum absolute atomic E-state index is 0.00388. The molecule has 0 radical (unpaired) electrons. The van der Waals surface area contributed by atoms with E-state index in [1.807, 2.05) is 0 Å². The molecule has 41 heavy (non-hydrogen) atoms. The average molecular weight is 585 g/mol. The second-order valence-electron chi connectivity index (χ2n) is 8.84. The number of benzene rings is 3. The number of rotatable bonds is 9. The summed E-state index contributed by atoms with van der Waals surface area (Å²) in [5.41, 5.74) is 1.43. The van der Waals surface area contributed by atoms with Crippen molar-refractivity contribution in [2.45, 2.75) is 24.0 Å². The number of halogens is 3. The Bertz CT molecular complexity index is 1590. The lowest BCUT2D eigenvalue weighted by Crippen LogP contribution is -2.21. The molecule has 1 atom stereocenters. The number of aromatic nitrogens is 2. The van der Waals surface area contributed by atoms with Crippen LogP contribution in [0.1, 0.15) is 12.5 Å². The minimum atomic E-state index is -4.53. The van der Waals surface area contributed by atoms with E-state index < -0.39 is 28.4 Å². The van der Waals surface area contributed by atoms with Crippen molar-refractivity contribution in [3.63, 3.8) is 0 Å². The fourth-order valence-electron chi connectivity index (χ4n) is 3.63. The van der Waals surface area contributed by atoms with Crippen LogP contribution in [0.2, 0.25) is 0 Å². The third-order valence-corrected chi connectivity index (χ3v) is 6.37. The predicted octanol–water partition coefficient (Wildman–Crippen LogP) is 6.43. The van der Waals surface area contributed by atoms with Crippen molar-refractivity contribution in [2.75, 3.05) is 27.9 Å². The maximum Gasteiger partial charge on any atom is 0.416 e. The molecule has 10 nitrogen and oxygen atoms in total. The first-order chi connectivity index (χ1) is 19.5. The van der Waals surface area contributed by atoms with E-state index in [2.05, 4.69) is 31.2 Å². The molecule has 4 aromatic rings. The predicted molar refractivity (Wildman–Crippen MR) is 150 cm³/mol. The first-order valence-corrected chi connectivity index (χ1v) is 13.3. The maximum atomic E-state index is 12.9. The summed E-state index contributed by atoms with van der Waals surface area (Å²) >= 11 is 0. The quantitative estimate of drug-likeness (QED) is 0.124. The maximum absolute atomic E-state index is 12.9. The molecule has 4 rings (SSSR count). The number of hydrogen-bond acceptors (Lipinski definition) is 9. The van der Waals surface area contributed by atoms with Gasteiger partial charge in [0.05, 0.1) is 12.2 Å². The molecule has 2 amide bonds. The van der Waals surface area contributed by atoms with E-state index in [0.29, 0.717) is 33.2 Å². The highest BCUT2D eigenvalue weighted by Gasteiger charge is 2.30. The molecule has 14 heteroatoms. The molecule has 214 valence electrons. The van der Waals surface area contributed by atoms with Gasteiger partial charge in [-0.2, -0.15) is 28.8 Å². The van der Waals surface area contributed by atoms with Gasteiger partial charge in [-0.1, -0.05) is 35.2 Å². The number of nitrogens with one attached hydrogen (secondary N) is 5. The van der Waals surface area contributed by atoms with Gasteiger partial charge in [-0.25, -0.2) is 9.78 Å². The first kappa shape index (κ1) is 29.3. The van der Waals surface area contributed by atoms with Gasteiger partial charge in [0.25, 0.3) is 0 Å².